The van der Waals surface area contributed by atoms with E-state index >= 15 is 0 Å². The van der Waals surface area contributed by atoms with Gasteiger partial charge in [0.2, 0.25) is 0 Å². The molecule has 3 N–H and O–H groups in total. The zero-order valence-electron chi connectivity index (χ0n) is 18.9. The van der Waals surface area contributed by atoms with E-state index in [-0.39, 0.29) is 18.6 Å². The van der Waals surface area contributed by atoms with E-state index in [2.05, 4.69) is 15.7 Å². The van der Waals surface area contributed by atoms with E-state index in [1.54, 1.807) is 16.8 Å². The third kappa shape index (κ3) is 4.54. The number of aromatic nitrogens is 2. The van der Waals surface area contributed by atoms with Crippen LogP contribution in [0, 0.1) is 11.6 Å². The molecule has 0 saturated carbocycles. The lowest BCUT2D eigenvalue weighted by molar-refractivity contribution is 0.102. The maximum absolute atomic E-state index is 14.6. The molecule has 0 spiro atoms. The average Bonchev–Trinajstić information content (AvgIpc) is 3.52. The van der Waals surface area contributed by atoms with E-state index in [9.17, 15) is 18.7 Å². The van der Waals surface area contributed by atoms with Crippen LogP contribution < -0.4 is 15.5 Å². The molecule has 7 nitrogen and oxygen atoms in total. The number of hydrogen-bond acceptors (Lipinski definition) is 5. The molecule has 4 aromatic rings. The minimum atomic E-state index is -0.485. The predicted molar refractivity (Wildman–Crippen MR) is 131 cm³/mol. The first-order valence-corrected chi connectivity index (χ1v) is 11.5. The Balaban J connectivity index is 1.48. The van der Waals surface area contributed by atoms with Crippen LogP contribution in [0.15, 0.2) is 67.0 Å². The fraction of sp³-hybridized carbons (Fsp3) is 0.231. The highest BCUT2D eigenvalue weighted by Gasteiger charge is 2.30. The second kappa shape index (κ2) is 9.71. The fourth-order valence-corrected chi connectivity index (χ4v) is 4.64. The number of nitrogens with zero attached hydrogens (tertiary/aromatic N) is 3. The van der Waals surface area contributed by atoms with Crippen molar-refractivity contribution in [2.75, 3.05) is 35.2 Å². The van der Waals surface area contributed by atoms with Crippen LogP contribution in [0.4, 0.5) is 25.8 Å². The van der Waals surface area contributed by atoms with Gasteiger partial charge in [0.25, 0.3) is 5.91 Å². The lowest BCUT2D eigenvalue weighted by Crippen LogP contribution is -2.25. The van der Waals surface area contributed by atoms with Gasteiger partial charge in [-0.2, -0.15) is 5.10 Å². The van der Waals surface area contributed by atoms with Crippen molar-refractivity contribution in [2.45, 2.75) is 18.9 Å². The lowest BCUT2D eigenvalue weighted by Gasteiger charge is -2.30. The second-order valence-corrected chi connectivity index (χ2v) is 8.44. The molecule has 3 heterocycles. The van der Waals surface area contributed by atoms with Gasteiger partial charge in [-0.05, 0) is 61.4 Å². The van der Waals surface area contributed by atoms with Crippen LogP contribution in [0.1, 0.15) is 34.8 Å². The van der Waals surface area contributed by atoms with Crippen LogP contribution >= 0.6 is 0 Å². The fourth-order valence-electron chi connectivity index (χ4n) is 4.64. The summed E-state index contributed by atoms with van der Waals surface area (Å²) in [6, 6.07) is 14.0. The number of benzene rings is 2. The zero-order valence-corrected chi connectivity index (χ0v) is 18.9. The SMILES string of the molecule is O=C(Nc1ccc(NCCO)c(N2CCC[C@@H]2c2cc(F)ccc2F)c1)c1cnn2ccccc12. The summed E-state index contributed by atoms with van der Waals surface area (Å²) in [5.41, 5.74) is 3.46. The molecule has 1 fully saturated rings. The maximum Gasteiger partial charge on any atom is 0.259 e. The molecule has 2 aromatic heterocycles. The highest BCUT2D eigenvalue weighted by atomic mass is 19.1. The number of pyridine rings is 1. The first-order chi connectivity index (χ1) is 17.0. The Labute approximate surface area is 201 Å². The smallest absolute Gasteiger partial charge is 0.259 e. The number of amides is 1. The third-order valence-electron chi connectivity index (χ3n) is 6.23. The maximum atomic E-state index is 14.6. The Hall–Kier alpha value is -3.98. The number of carbonyl (C=O) groups excluding carboxylic acids is 1. The molecule has 1 saturated heterocycles. The largest absolute Gasteiger partial charge is 0.395 e. The summed E-state index contributed by atoms with van der Waals surface area (Å²) >= 11 is 0. The van der Waals surface area contributed by atoms with Crippen LogP contribution in [0.25, 0.3) is 5.52 Å². The third-order valence-corrected chi connectivity index (χ3v) is 6.23. The number of anilines is 3. The number of aliphatic hydroxyl groups excluding tert-OH is 1. The number of carbonyl (C=O) groups is 1. The van der Waals surface area contributed by atoms with Gasteiger partial charge < -0.3 is 20.6 Å². The van der Waals surface area contributed by atoms with Crippen molar-refractivity contribution < 1.29 is 18.7 Å². The number of fused-ring (bicyclic) bond motifs is 1. The van der Waals surface area contributed by atoms with E-state index in [4.69, 9.17) is 0 Å². The molecule has 0 bridgehead atoms. The number of hydrogen-bond donors (Lipinski definition) is 3. The summed E-state index contributed by atoms with van der Waals surface area (Å²) in [5, 5.41) is 19.6. The molecule has 1 atom stereocenters. The van der Waals surface area contributed by atoms with Crippen LogP contribution in [0.2, 0.25) is 0 Å². The van der Waals surface area contributed by atoms with Gasteiger partial charge in [-0.15, -0.1) is 0 Å². The van der Waals surface area contributed by atoms with Crippen molar-refractivity contribution in [3.63, 3.8) is 0 Å². The number of rotatable bonds is 7. The zero-order chi connectivity index (χ0) is 24.4. The Bertz CT molecular complexity index is 1370. The molecular formula is C26H25F2N5O2. The van der Waals surface area contributed by atoms with Gasteiger partial charge >= 0.3 is 0 Å². The summed E-state index contributed by atoms with van der Waals surface area (Å²) in [6.45, 7) is 0.905. The molecule has 1 aliphatic heterocycles. The minimum Gasteiger partial charge on any atom is -0.395 e. The van der Waals surface area contributed by atoms with E-state index in [0.29, 0.717) is 41.8 Å². The minimum absolute atomic E-state index is 0.0609. The quantitative estimate of drug-likeness (QED) is 0.362. The Morgan fingerprint density at radius 1 is 1.14 bits per heavy atom. The predicted octanol–water partition coefficient (Wildman–Crippen LogP) is 4.61. The van der Waals surface area contributed by atoms with Gasteiger partial charge in [0, 0.05) is 30.5 Å². The molecule has 0 unspecified atom stereocenters. The number of aliphatic hydroxyl groups is 1. The van der Waals surface area contributed by atoms with Crippen molar-refractivity contribution in [1.29, 1.82) is 0 Å². The van der Waals surface area contributed by atoms with E-state index < -0.39 is 11.6 Å². The van der Waals surface area contributed by atoms with E-state index in [1.165, 1.54) is 12.3 Å². The first-order valence-electron chi connectivity index (χ1n) is 11.5. The van der Waals surface area contributed by atoms with Gasteiger partial charge in [0.1, 0.15) is 11.6 Å². The standard InChI is InChI=1S/C26H25F2N5O2/c27-17-6-8-21(28)19(14-17)23-5-3-11-32(23)25-15-18(7-9-22(25)29-10-13-34)31-26(35)20-16-30-33-12-2-1-4-24(20)33/h1-2,4,6-9,12,14-16,23,29,34H,3,5,10-11,13H2,(H,31,35)/t23-/m1/s1. The summed E-state index contributed by atoms with van der Waals surface area (Å²) in [5.74, 6) is -1.24. The highest BCUT2D eigenvalue weighted by Crippen LogP contribution is 2.41. The van der Waals surface area contributed by atoms with Gasteiger partial charge in [-0.1, -0.05) is 6.07 Å². The molecule has 1 amide bonds. The molecule has 0 radical (unpaired) electrons. The van der Waals surface area contributed by atoms with Gasteiger partial charge in [-0.3, -0.25) is 4.79 Å². The highest BCUT2D eigenvalue weighted by molar-refractivity contribution is 6.09. The van der Waals surface area contributed by atoms with Crippen LogP contribution in [-0.4, -0.2) is 40.3 Å². The number of halogens is 2. The molecule has 5 rings (SSSR count). The summed E-state index contributed by atoms with van der Waals surface area (Å²) in [6.07, 6.45) is 4.76. The second-order valence-electron chi connectivity index (χ2n) is 8.44. The van der Waals surface area contributed by atoms with Gasteiger partial charge in [-0.25, -0.2) is 13.3 Å². The van der Waals surface area contributed by atoms with Crippen molar-refractivity contribution in [3.05, 3.63) is 89.8 Å². The molecule has 0 aliphatic carbocycles. The molecular weight excluding hydrogens is 452 g/mol. The van der Waals surface area contributed by atoms with Crippen LogP contribution in [-0.2, 0) is 0 Å². The molecule has 180 valence electrons. The lowest BCUT2D eigenvalue weighted by atomic mass is 10.0. The van der Waals surface area contributed by atoms with E-state index in [0.717, 1.165) is 29.9 Å². The summed E-state index contributed by atoms with van der Waals surface area (Å²) in [4.78, 5) is 15.0. The molecule has 9 heteroatoms. The normalized spacial score (nSPS) is 15.5. The topological polar surface area (TPSA) is 81.9 Å². The Morgan fingerprint density at radius 3 is 2.89 bits per heavy atom. The monoisotopic (exact) mass is 477 g/mol. The van der Waals surface area contributed by atoms with Crippen LogP contribution in [0.5, 0.6) is 0 Å². The Kier molecular flexibility index (Phi) is 6.33. The van der Waals surface area contributed by atoms with Crippen molar-refractivity contribution >= 4 is 28.5 Å². The summed E-state index contributed by atoms with van der Waals surface area (Å²) < 4.78 is 30.2. The molecule has 35 heavy (non-hydrogen) atoms. The average molecular weight is 478 g/mol. The van der Waals surface area contributed by atoms with Crippen molar-refractivity contribution in [1.82, 2.24) is 9.61 Å². The van der Waals surface area contributed by atoms with E-state index in [1.807, 2.05) is 35.2 Å². The van der Waals surface area contributed by atoms with Gasteiger partial charge in [0.05, 0.1) is 41.3 Å². The summed E-state index contributed by atoms with van der Waals surface area (Å²) in [7, 11) is 0. The first kappa shape index (κ1) is 22.8. The Morgan fingerprint density at radius 2 is 2.03 bits per heavy atom. The molecule has 1 aliphatic rings. The molecule has 2 aromatic carbocycles. The van der Waals surface area contributed by atoms with Crippen molar-refractivity contribution in [2.24, 2.45) is 0 Å². The number of nitrogens with one attached hydrogen (secondary N) is 2. The van der Waals surface area contributed by atoms with Crippen LogP contribution in [0.3, 0.4) is 0 Å². The van der Waals surface area contributed by atoms with Crippen molar-refractivity contribution in [3.8, 4) is 0 Å². The van der Waals surface area contributed by atoms with Gasteiger partial charge in [0.15, 0.2) is 0 Å².